The molecule has 4 rings (SSSR count). The number of amides is 3. The lowest BCUT2D eigenvalue weighted by Crippen LogP contribution is -2.41. The Morgan fingerprint density at radius 1 is 1.23 bits per heavy atom. The SMILES string of the molecule is CSCC[C@H]1NC(=O)c2cc(NC(=O)Cc3ccc4c(c3)OCC4)ccc2NC1=O. The van der Waals surface area contributed by atoms with Crippen LogP contribution in [0.4, 0.5) is 11.4 Å². The van der Waals surface area contributed by atoms with Crippen LogP contribution in [0, 0.1) is 0 Å². The second kappa shape index (κ2) is 8.79. The van der Waals surface area contributed by atoms with Gasteiger partial charge in [-0.1, -0.05) is 12.1 Å². The molecule has 2 aromatic carbocycles. The minimum atomic E-state index is -0.572. The van der Waals surface area contributed by atoms with Gasteiger partial charge in [-0.15, -0.1) is 0 Å². The zero-order chi connectivity index (χ0) is 21.1. The number of carbonyl (C=O) groups is 3. The van der Waals surface area contributed by atoms with E-state index >= 15 is 0 Å². The third kappa shape index (κ3) is 4.43. The third-order valence-electron chi connectivity index (χ3n) is 5.16. The molecule has 0 aromatic heterocycles. The van der Waals surface area contributed by atoms with Crippen molar-refractivity contribution in [3.8, 4) is 5.75 Å². The lowest BCUT2D eigenvalue weighted by atomic mass is 10.1. The molecule has 2 aliphatic rings. The first-order valence-corrected chi connectivity index (χ1v) is 11.2. The molecule has 0 fully saturated rings. The van der Waals surface area contributed by atoms with Gasteiger partial charge in [0.1, 0.15) is 11.8 Å². The van der Waals surface area contributed by atoms with Crippen LogP contribution in [0.25, 0.3) is 0 Å². The molecule has 0 saturated heterocycles. The summed E-state index contributed by atoms with van der Waals surface area (Å²) in [5, 5.41) is 8.40. The maximum absolute atomic E-state index is 12.6. The Balaban J connectivity index is 1.45. The molecule has 0 bridgehead atoms. The minimum Gasteiger partial charge on any atom is -0.493 e. The van der Waals surface area contributed by atoms with E-state index in [0.29, 0.717) is 30.0 Å². The Kier molecular flexibility index (Phi) is 5.94. The predicted molar refractivity (Wildman–Crippen MR) is 117 cm³/mol. The van der Waals surface area contributed by atoms with Crippen molar-refractivity contribution in [3.05, 3.63) is 53.1 Å². The number of hydrogen-bond donors (Lipinski definition) is 3. The number of ether oxygens (including phenoxy) is 1. The Morgan fingerprint density at radius 2 is 2.10 bits per heavy atom. The van der Waals surface area contributed by atoms with Crippen LogP contribution in [0.5, 0.6) is 5.75 Å². The largest absolute Gasteiger partial charge is 0.493 e. The molecule has 2 aliphatic heterocycles. The molecule has 3 N–H and O–H groups in total. The normalized spacial score (nSPS) is 17.2. The third-order valence-corrected chi connectivity index (χ3v) is 5.81. The second-order valence-corrected chi connectivity index (χ2v) is 8.31. The highest BCUT2D eigenvalue weighted by atomic mass is 32.2. The van der Waals surface area contributed by atoms with E-state index in [1.165, 1.54) is 0 Å². The van der Waals surface area contributed by atoms with Crippen LogP contribution in [0.2, 0.25) is 0 Å². The van der Waals surface area contributed by atoms with Gasteiger partial charge in [0.05, 0.1) is 24.3 Å². The van der Waals surface area contributed by atoms with E-state index in [1.807, 2.05) is 24.5 Å². The van der Waals surface area contributed by atoms with E-state index in [9.17, 15) is 14.4 Å². The van der Waals surface area contributed by atoms with E-state index in [1.54, 1.807) is 30.0 Å². The van der Waals surface area contributed by atoms with Crippen molar-refractivity contribution < 1.29 is 19.1 Å². The van der Waals surface area contributed by atoms with Gasteiger partial charge >= 0.3 is 0 Å². The maximum Gasteiger partial charge on any atom is 0.254 e. The molecular formula is C22H23N3O4S. The first-order chi connectivity index (χ1) is 14.5. The van der Waals surface area contributed by atoms with Crippen LogP contribution in [0.3, 0.4) is 0 Å². The van der Waals surface area contributed by atoms with Gasteiger partial charge < -0.3 is 20.7 Å². The molecule has 8 heteroatoms. The van der Waals surface area contributed by atoms with Crippen molar-refractivity contribution in [2.45, 2.75) is 25.3 Å². The molecular weight excluding hydrogens is 402 g/mol. The average Bonchev–Trinajstić information content (AvgIpc) is 3.15. The fourth-order valence-electron chi connectivity index (χ4n) is 3.59. The van der Waals surface area contributed by atoms with Gasteiger partial charge in [0, 0.05) is 12.1 Å². The molecule has 1 atom stereocenters. The van der Waals surface area contributed by atoms with E-state index in [-0.39, 0.29) is 24.1 Å². The summed E-state index contributed by atoms with van der Waals surface area (Å²) in [6.45, 7) is 0.677. The van der Waals surface area contributed by atoms with Crippen molar-refractivity contribution >= 4 is 40.9 Å². The van der Waals surface area contributed by atoms with Crippen molar-refractivity contribution in [3.63, 3.8) is 0 Å². The quantitative estimate of drug-likeness (QED) is 0.661. The Bertz CT molecular complexity index is 1010. The van der Waals surface area contributed by atoms with Crippen LogP contribution < -0.4 is 20.7 Å². The summed E-state index contributed by atoms with van der Waals surface area (Å²) in [4.78, 5) is 37.5. The van der Waals surface area contributed by atoms with Crippen molar-refractivity contribution in [1.29, 1.82) is 0 Å². The van der Waals surface area contributed by atoms with Gasteiger partial charge in [0.15, 0.2) is 0 Å². The van der Waals surface area contributed by atoms with Crippen LogP contribution in [-0.2, 0) is 22.4 Å². The Hall–Kier alpha value is -3.00. The van der Waals surface area contributed by atoms with Crippen molar-refractivity contribution in [2.75, 3.05) is 29.2 Å². The van der Waals surface area contributed by atoms with Gasteiger partial charge in [-0.2, -0.15) is 11.8 Å². The molecule has 0 radical (unpaired) electrons. The summed E-state index contributed by atoms with van der Waals surface area (Å²) >= 11 is 1.62. The van der Waals surface area contributed by atoms with Crippen molar-refractivity contribution in [2.24, 2.45) is 0 Å². The lowest BCUT2D eigenvalue weighted by molar-refractivity contribution is -0.118. The highest BCUT2D eigenvalue weighted by Crippen LogP contribution is 2.27. The predicted octanol–water partition coefficient (Wildman–Crippen LogP) is 2.61. The Labute approximate surface area is 178 Å². The standard InChI is InChI=1S/C22H23N3O4S/c1-30-9-7-18-22(28)24-17-5-4-15(12-16(17)21(27)25-18)23-20(26)11-13-2-3-14-6-8-29-19(14)10-13/h2-5,10,12,18H,6-9,11H2,1H3,(H,23,26)(H,24,28)(H,25,27)/t18-/m1/s1. The summed E-state index contributed by atoms with van der Waals surface area (Å²) in [6, 6.07) is 10.2. The smallest absolute Gasteiger partial charge is 0.254 e. The average molecular weight is 426 g/mol. The summed E-state index contributed by atoms with van der Waals surface area (Å²) in [5.74, 6) is 0.856. The minimum absolute atomic E-state index is 0.191. The van der Waals surface area contributed by atoms with Crippen LogP contribution >= 0.6 is 11.8 Å². The van der Waals surface area contributed by atoms with Crippen LogP contribution in [0.1, 0.15) is 27.9 Å². The lowest BCUT2D eigenvalue weighted by Gasteiger charge is -2.13. The number of carbonyl (C=O) groups excluding carboxylic acids is 3. The summed E-state index contributed by atoms with van der Waals surface area (Å²) < 4.78 is 5.55. The second-order valence-electron chi connectivity index (χ2n) is 7.32. The van der Waals surface area contributed by atoms with E-state index in [0.717, 1.165) is 29.1 Å². The number of thioether (sulfide) groups is 1. The Morgan fingerprint density at radius 3 is 2.93 bits per heavy atom. The number of fused-ring (bicyclic) bond motifs is 2. The summed E-state index contributed by atoms with van der Waals surface area (Å²) in [6.07, 6.45) is 3.61. The molecule has 156 valence electrons. The van der Waals surface area contributed by atoms with Crippen LogP contribution in [0.15, 0.2) is 36.4 Å². The number of nitrogens with one attached hydrogen (secondary N) is 3. The zero-order valence-corrected chi connectivity index (χ0v) is 17.4. The molecule has 7 nitrogen and oxygen atoms in total. The highest BCUT2D eigenvalue weighted by Gasteiger charge is 2.27. The number of benzene rings is 2. The summed E-state index contributed by atoms with van der Waals surface area (Å²) in [7, 11) is 0. The topological polar surface area (TPSA) is 96.5 Å². The molecule has 0 unspecified atom stereocenters. The van der Waals surface area contributed by atoms with Gasteiger partial charge in [0.2, 0.25) is 11.8 Å². The molecule has 3 amide bonds. The highest BCUT2D eigenvalue weighted by molar-refractivity contribution is 7.98. The van der Waals surface area contributed by atoms with Crippen LogP contribution in [-0.4, -0.2) is 42.4 Å². The van der Waals surface area contributed by atoms with E-state index in [4.69, 9.17) is 4.74 Å². The maximum atomic E-state index is 12.6. The molecule has 0 saturated carbocycles. The van der Waals surface area contributed by atoms with Gasteiger partial charge in [-0.25, -0.2) is 0 Å². The molecule has 30 heavy (non-hydrogen) atoms. The zero-order valence-electron chi connectivity index (χ0n) is 16.6. The monoisotopic (exact) mass is 425 g/mol. The number of hydrogen-bond acceptors (Lipinski definition) is 5. The van der Waals surface area contributed by atoms with Gasteiger partial charge in [-0.3, -0.25) is 14.4 Å². The van der Waals surface area contributed by atoms with E-state index < -0.39 is 6.04 Å². The van der Waals surface area contributed by atoms with Crippen molar-refractivity contribution in [1.82, 2.24) is 5.32 Å². The van der Waals surface area contributed by atoms with Gasteiger partial charge in [-0.05, 0) is 53.8 Å². The fourth-order valence-corrected chi connectivity index (χ4v) is 4.06. The fraction of sp³-hybridized carbons (Fsp3) is 0.318. The van der Waals surface area contributed by atoms with Gasteiger partial charge in [0.25, 0.3) is 5.91 Å². The first-order valence-electron chi connectivity index (χ1n) is 9.82. The number of anilines is 2. The summed E-state index contributed by atoms with van der Waals surface area (Å²) in [5.41, 5.74) is 3.30. The molecule has 2 aromatic rings. The molecule has 0 aliphatic carbocycles. The number of rotatable bonds is 6. The first kappa shape index (κ1) is 20.3. The molecule has 2 heterocycles. The molecule has 0 spiro atoms. The van der Waals surface area contributed by atoms with E-state index in [2.05, 4.69) is 16.0 Å².